The lowest BCUT2D eigenvalue weighted by atomic mass is 10.4. The first-order valence-electron chi connectivity index (χ1n) is 7.95. The third-order valence-electron chi connectivity index (χ3n) is 2.85. The van der Waals surface area contributed by atoms with Crippen molar-refractivity contribution in [3.05, 3.63) is 0 Å². The van der Waals surface area contributed by atoms with Gasteiger partial charge in [-0.15, -0.1) is 24.0 Å². The molecule has 0 aliphatic heterocycles. The fraction of sp³-hybridized carbons (Fsp3) is 0.933. The highest BCUT2D eigenvalue weighted by Gasteiger charge is 1.97. The van der Waals surface area contributed by atoms with Crippen molar-refractivity contribution < 1.29 is 9.47 Å². The lowest BCUT2D eigenvalue weighted by Gasteiger charge is -2.13. The van der Waals surface area contributed by atoms with Crippen molar-refractivity contribution in [2.75, 3.05) is 67.2 Å². The van der Waals surface area contributed by atoms with Gasteiger partial charge >= 0.3 is 0 Å². The summed E-state index contributed by atoms with van der Waals surface area (Å²) in [7, 11) is 5.94. The van der Waals surface area contributed by atoms with Crippen LogP contribution in [0.4, 0.5) is 0 Å². The summed E-state index contributed by atoms with van der Waals surface area (Å²) in [4.78, 5) is 6.35. The van der Waals surface area contributed by atoms with Gasteiger partial charge in [0.05, 0.1) is 19.8 Å². The van der Waals surface area contributed by atoms with E-state index in [-0.39, 0.29) is 24.0 Å². The number of unbranched alkanes of at least 4 members (excludes halogenated alkanes) is 1. The van der Waals surface area contributed by atoms with Crippen LogP contribution in [-0.4, -0.2) is 78.1 Å². The molecule has 22 heavy (non-hydrogen) atoms. The number of ether oxygens (including phenoxy) is 2. The first-order chi connectivity index (χ1) is 10.2. The van der Waals surface area contributed by atoms with Crippen LogP contribution in [0, 0.1) is 0 Å². The standard InChI is InChI=1S/C15H34N4O2.HI/c1-5-6-11-20-13-14-21-12-9-18-15(16-2)17-8-7-10-19(3)4;/h5-14H2,1-4H3,(H2,16,17,18);1H. The van der Waals surface area contributed by atoms with E-state index in [0.717, 1.165) is 45.0 Å². The molecular weight excluding hydrogens is 395 g/mol. The summed E-state index contributed by atoms with van der Waals surface area (Å²) in [5.74, 6) is 0.830. The third kappa shape index (κ3) is 17.9. The molecule has 0 heterocycles. The van der Waals surface area contributed by atoms with Crippen molar-refractivity contribution >= 4 is 29.9 Å². The zero-order valence-corrected chi connectivity index (χ0v) is 17.0. The average Bonchev–Trinajstić information content (AvgIpc) is 2.47. The molecule has 0 spiro atoms. The minimum Gasteiger partial charge on any atom is -0.379 e. The van der Waals surface area contributed by atoms with Gasteiger partial charge in [0.1, 0.15) is 0 Å². The van der Waals surface area contributed by atoms with Crippen molar-refractivity contribution in [3.63, 3.8) is 0 Å². The van der Waals surface area contributed by atoms with Crippen LogP contribution in [-0.2, 0) is 9.47 Å². The zero-order chi connectivity index (χ0) is 15.8. The quantitative estimate of drug-likeness (QED) is 0.201. The van der Waals surface area contributed by atoms with E-state index >= 15 is 0 Å². The Morgan fingerprint density at radius 1 is 0.955 bits per heavy atom. The Morgan fingerprint density at radius 3 is 2.18 bits per heavy atom. The van der Waals surface area contributed by atoms with E-state index in [4.69, 9.17) is 9.47 Å². The molecule has 0 amide bonds. The summed E-state index contributed by atoms with van der Waals surface area (Å²) < 4.78 is 10.9. The predicted octanol–water partition coefficient (Wildman–Crippen LogP) is 1.55. The van der Waals surface area contributed by atoms with Gasteiger partial charge in [0.2, 0.25) is 0 Å². The molecule has 0 aromatic rings. The number of guanidine groups is 1. The first kappa shape index (κ1) is 24.1. The number of hydrogen-bond acceptors (Lipinski definition) is 4. The summed E-state index contributed by atoms with van der Waals surface area (Å²) in [6, 6.07) is 0. The fourth-order valence-corrected chi connectivity index (χ4v) is 1.63. The molecule has 0 rings (SSSR count). The van der Waals surface area contributed by atoms with Gasteiger partial charge in [-0.25, -0.2) is 0 Å². The van der Waals surface area contributed by atoms with Crippen LogP contribution in [0.15, 0.2) is 4.99 Å². The Labute approximate surface area is 153 Å². The van der Waals surface area contributed by atoms with Gasteiger partial charge in [0.15, 0.2) is 5.96 Å². The van der Waals surface area contributed by atoms with E-state index in [0.29, 0.717) is 19.8 Å². The minimum absolute atomic E-state index is 0. The number of nitrogens with one attached hydrogen (secondary N) is 2. The van der Waals surface area contributed by atoms with Crippen LogP contribution in [0.3, 0.4) is 0 Å². The third-order valence-corrected chi connectivity index (χ3v) is 2.85. The van der Waals surface area contributed by atoms with E-state index < -0.39 is 0 Å². The van der Waals surface area contributed by atoms with Crippen LogP contribution in [0.2, 0.25) is 0 Å². The van der Waals surface area contributed by atoms with E-state index in [2.05, 4.69) is 41.5 Å². The Kier molecular flexibility index (Phi) is 20.8. The van der Waals surface area contributed by atoms with Gasteiger partial charge in [-0.3, -0.25) is 4.99 Å². The lowest BCUT2D eigenvalue weighted by molar-refractivity contribution is 0.0487. The zero-order valence-electron chi connectivity index (χ0n) is 14.7. The molecule has 7 heteroatoms. The topological polar surface area (TPSA) is 58.1 Å². The second-order valence-electron chi connectivity index (χ2n) is 5.16. The largest absolute Gasteiger partial charge is 0.379 e. The minimum atomic E-state index is 0. The normalized spacial score (nSPS) is 11.4. The molecule has 0 aromatic carbocycles. The maximum Gasteiger partial charge on any atom is 0.191 e. The summed E-state index contributed by atoms with van der Waals surface area (Å²) in [5, 5.41) is 6.51. The van der Waals surface area contributed by atoms with Gasteiger partial charge in [-0.05, 0) is 33.5 Å². The lowest BCUT2D eigenvalue weighted by Crippen LogP contribution is -2.40. The highest BCUT2D eigenvalue weighted by Crippen LogP contribution is 1.87. The van der Waals surface area contributed by atoms with Crippen molar-refractivity contribution in [2.24, 2.45) is 4.99 Å². The molecule has 0 aliphatic rings. The molecule has 134 valence electrons. The first-order valence-corrected chi connectivity index (χ1v) is 7.95. The van der Waals surface area contributed by atoms with Gasteiger partial charge < -0.3 is 25.0 Å². The van der Waals surface area contributed by atoms with Crippen molar-refractivity contribution in [1.82, 2.24) is 15.5 Å². The van der Waals surface area contributed by atoms with Gasteiger partial charge in [-0.1, -0.05) is 13.3 Å². The summed E-state index contributed by atoms with van der Waals surface area (Å²) in [6.45, 7) is 7.74. The van der Waals surface area contributed by atoms with Crippen LogP contribution in [0.5, 0.6) is 0 Å². The molecule has 0 saturated heterocycles. The number of hydrogen-bond donors (Lipinski definition) is 2. The van der Waals surface area contributed by atoms with Crippen LogP contribution in [0.1, 0.15) is 26.2 Å². The molecule has 2 N–H and O–H groups in total. The second kappa shape index (κ2) is 18.9. The van der Waals surface area contributed by atoms with E-state index in [1.54, 1.807) is 7.05 Å². The molecular formula is C15H35IN4O2. The molecule has 0 atom stereocenters. The fourth-order valence-electron chi connectivity index (χ4n) is 1.63. The average molecular weight is 430 g/mol. The maximum absolute atomic E-state index is 5.49. The van der Waals surface area contributed by atoms with Gasteiger partial charge in [0.25, 0.3) is 0 Å². The van der Waals surface area contributed by atoms with Crippen LogP contribution in [0.25, 0.3) is 0 Å². The highest BCUT2D eigenvalue weighted by atomic mass is 127. The summed E-state index contributed by atoms with van der Waals surface area (Å²) in [5.41, 5.74) is 0. The predicted molar refractivity (Wildman–Crippen MR) is 104 cm³/mol. The van der Waals surface area contributed by atoms with Gasteiger partial charge in [-0.2, -0.15) is 0 Å². The van der Waals surface area contributed by atoms with E-state index in [1.807, 2.05) is 0 Å². The number of aliphatic imine (C=N–C) groups is 1. The van der Waals surface area contributed by atoms with Crippen LogP contribution < -0.4 is 10.6 Å². The summed E-state index contributed by atoms with van der Waals surface area (Å²) >= 11 is 0. The molecule has 0 saturated carbocycles. The Bertz CT molecular complexity index is 254. The smallest absolute Gasteiger partial charge is 0.191 e. The molecule has 0 aromatic heterocycles. The number of nitrogens with zero attached hydrogens (tertiary/aromatic N) is 2. The van der Waals surface area contributed by atoms with Crippen LogP contribution >= 0.6 is 24.0 Å². The molecule has 0 bridgehead atoms. The Balaban J connectivity index is 0. The maximum atomic E-state index is 5.49. The highest BCUT2D eigenvalue weighted by molar-refractivity contribution is 14.0. The SMILES string of the molecule is CCCCOCCOCCNC(=NC)NCCCN(C)C.I. The summed E-state index contributed by atoms with van der Waals surface area (Å²) in [6.07, 6.45) is 3.39. The molecule has 0 fully saturated rings. The molecule has 6 nitrogen and oxygen atoms in total. The number of rotatable bonds is 13. The van der Waals surface area contributed by atoms with E-state index in [1.165, 1.54) is 6.42 Å². The van der Waals surface area contributed by atoms with Crippen molar-refractivity contribution in [3.8, 4) is 0 Å². The Hall–Kier alpha value is -0.120. The molecule has 0 unspecified atom stereocenters. The number of halogens is 1. The van der Waals surface area contributed by atoms with Crippen molar-refractivity contribution in [1.29, 1.82) is 0 Å². The van der Waals surface area contributed by atoms with Crippen molar-refractivity contribution in [2.45, 2.75) is 26.2 Å². The van der Waals surface area contributed by atoms with Gasteiger partial charge in [0, 0.05) is 26.7 Å². The molecule has 0 aliphatic carbocycles. The van der Waals surface area contributed by atoms with E-state index in [9.17, 15) is 0 Å². The second-order valence-corrected chi connectivity index (χ2v) is 5.16. The molecule has 0 radical (unpaired) electrons. The monoisotopic (exact) mass is 430 g/mol. The Morgan fingerprint density at radius 2 is 1.59 bits per heavy atom.